The highest BCUT2D eigenvalue weighted by Gasteiger charge is 2.21. The quantitative estimate of drug-likeness (QED) is 0.107. The molecule has 0 N–H and O–H groups in total. The van der Waals surface area contributed by atoms with E-state index in [-0.39, 0.29) is 23.4 Å². The Morgan fingerprint density at radius 2 is 1.70 bits per heavy atom. The number of Topliss-reactive ketones (excluding diaryl/α,β-unsaturated/α-hetero) is 1. The number of carbonyl (C=O) groups excluding carboxylic acids is 2. The van der Waals surface area contributed by atoms with Gasteiger partial charge in [-0.15, -0.1) is 0 Å². The number of aryl methyl sites for hydroxylation is 1. The van der Waals surface area contributed by atoms with Crippen LogP contribution in [-0.2, 0) is 9.53 Å². The lowest BCUT2D eigenvalue weighted by Gasteiger charge is -2.06. The first-order valence-electron chi connectivity index (χ1n) is 8.33. The summed E-state index contributed by atoms with van der Waals surface area (Å²) < 4.78 is 4.96. The Morgan fingerprint density at radius 1 is 1.07 bits per heavy atom. The number of hydrogen-bond acceptors (Lipinski definition) is 5. The topological polar surface area (TPSA) is 86.5 Å². The van der Waals surface area contributed by atoms with Crippen molar-refractivity contribution in [2.24, 2.45) is 0 Å². The van der Waals surface area contributed by atoms with Crippen molar-refractivity contribution in [2.45, 2.75) is 13.8 Å². The van der Waals surface area contributed by atoms with Crippen molar-refractivity contribution in [3.05, 3.63) is 93.1 Å². The van der Waals surface area contributed by atoms with Gasteiger partial charge in [0, 0.05) is 17.7 Å². The molecule has 0 spiro atoms. The average molecular weight is 365 g/mol. The first kappa shape index (κ1) is 19.8. The molecule has 0 atom stereocenters. The van der Waals surface area contributed by atoms with Crippen molar-refractivity contribution in [3.63, 3.8) is 0 Å². The van der Waals surface area contributed by atoms with E-state index in [2.05, 4.69) is 0 Å². The zero-order valence-electron chi connectivity index (χ0n) is 15.0. The number of ether oxygens (including phenoxy) is 1. The summed E-state index contributed by atoms with van der Waals surface area (Å²) >= 11 is 0. The molecule has 2 aromatic rings. The van der Waals surface area contributed by atoms with Crippen LogP contribution in [0.5, 0.6) is 0 Å². The van der Waals surface area contributed by atoms with Crippen LogP contribution in [-0.4, -0.2) is 23.3 Å². The van der Waals surface area contributed by atoms with Gasteiger partial charge in [-0.3, -0.25) is 14.9 Å². The molecular weight excluding hydrogens is 346 g/mol. The minimum atomic E-state index is -0.741. The number of allylic oxidation sites excluding steroid dienone is 2. The van der Waals surface area contributed by atoms with E-state index in [0.717, 1.165) is 11.1 Å². The molecule has 0 fully saturated rings. The van der Waals surface area contributed by atoms with Crippen LogP contribution < -0.4 is 0 Å². The maximum absolute atomic E-state index is 12.7. The van der Waals surface area contributed by atoms with E-state index < -0.39 is 16.7 Å². The molecule has 0 aliphatic carbocycles. The van der Waals surface area contributed by atoms with Crippen molar-refractivity contribution in [2.75, 3.05) is 6.61 Å². The zero-order chi connectivity index (χ0) is 19.8. The molecule has 0 amide bonds. The van der Waals surface area contributed by atoms with Gasteiger partial charge in [-0.1, -0.05) is 42.0 Å². The number of ketones is 1. The maximum atomic E-state index is 12.7. The molecule has 138 valence electrons. The van der Waals surface area contributed by atoms with E-state index in [9.17, 15) is 19.7 Å². The summed E-state index contributed by atoms with van der Waals surface area (Å²) in [7, 11) is 0. The van der Waals surface area contributed by atoms with Gasteiger partial charge in [0.1, 0.15) is 5.57 Å². The van der Waals surface area contributed by atoms with E-state index >= 15 is 0 Å². The Labute approximate surface area is 156 Å². The monoisotopic (exact) mass is 365 g/mol. The number of non-ortho nitro benzene ring substituents is 1. The number of rotatable bonds is 7. The molecule has 0 aliphatic heterocycles. The largest absolute Gasteiger partial charge is 0.462 e. The molecule has 2 rings (SSSR count). The summed E-state index contributed by atoms with van der Waals surface area (Å²) in [5.74, 6) is -1.30. The molecule has 27 heavy (non-hydrogen) atoms. The summed E-state index contributed by atoms with van der Waals surface area (Å²) in [6.45, 7) is 3.76. The van der Waals surface area contributed by atoms with Crippen LogP contribution in [0.1, 0.15) is 28.4 Å². The molecular formula is C21H19NO5. The lowest BCUT2D eigenvalue weighted by molar-refractivity contribution is -0.384. The van der Waals surface area contributed by atoms with Gasteiger partial charge in [0.25, 0.3) is 5.69 Å². The molecule has 6 nitrogen and oxygen atoms in total. The fourth-order valence-corrected chi connectivity index (χ4v) is 2.27. The third-order valence-electron chi connectivity index (χ3n) is 3.71. The second-order valence-electron chi connectivity index (χ2n) is 5.70. The fraction of sp³-hybridized carbons (Fsp3) is 0.143. The number of esters is 1. The van der Waals surface area contributed by atoms with Gasteiger partial charge >= 0.3 is 5.97 Å². The second-order valence-corrected chi connectivity index (χ2v) is 5.70. The lowest BCUT2D eigenvalue weighted by atomic mass is 10.0. The molecule has 0 bridgehead atoms. The molecule has 6 heteroatoms. The highest BCUT2D eigenvalue weighted by molar-refractivity contribution is 6.24. The Balaban J connectivity index is 2.29. The first-order valence-corrected chi connectivity index (χ1v) is 8.33. The van der Waals surface area contributed by atoms with Gasteiger partial charge in [0.2, 0.25) is 0 Å². The Hall–Kier alpha value is -3.54. The minimum absolute atomic E-state index is 0.130. The molecule has 0 radical (unpaired) electrons. The summed E-state index contributed by atoms with van der Waals surface area (Å²) in [6, 6.07) is 12.8. The summed E-state index contributed by atoms with van der Waals surface area (Å²) in [4.78, 5) is 35.0. The van der Waals surface area contributed by atoms with E-state index in [1.54, 1.807) is 19.1 Å². The molecule has 0 aromatic heterocycles. The SMILES string of the molecule is CCOC(=O)/C(=C/C=C/c1ccc(C)cc1)C(=O)c1ccc([N+](=O)[O-])cc1. The van der Waals surface area contributed by atoms with Crippen LogP contribution in [0, 0.1) is 17.0 Å². The van der Waals surface area contributed by atoms with Crippen LogP contribution in [0.25, 0.3) is 6.08 Å². The van der Waals surface area contributed by atoms with Crippen molar-refractivity contribution in [3.8, 4) is 0 Å². The van der Waals surface area contributed by atoms with E-state index in [1.807, 2.05) is 31.2 Å². The van der Waals surface area contributed by atoms with Gasteiger partial charge in [0.15, 0.2) is 5.78 Å². The van der Waals surface area contributed by atoms with E-state index in [0.29, 0.717) is 0 Å². The number of benzene rings is 2. The Kier molecular flexibility index (Phi) is 6.77. The van der Waals surface area contributed by atoms with Gasteiger partial charge in [-0.2, -0.15) is 0 Å². The third kappa shape index (κ3) is 5.47. The predicted molar refractivity (Wildman–Crippen MR) is 102 cm³/mol. The molecule has 0 heterocycles. The smallest absolute Gasteiger partial charge is 0.342 e. The summed E-state index contributed by atoms with van der Waals surface area (Å²) in [5.41, 5.74) is 1.94. The standard InChI is InChI=1S/C21H19NO5/c1-3-27-21(24)19(6-4-5-16-9-7-15(2)8-10-16)20(23)17-11-13-18(14-12-17)22(25)26/h4-14H,3H2,1-2H3/b5-4+,19-6+. The predicted octanol–water partition coefficient (Wildman–Crippen LogP) is 4.29. The second kappa shape index (κ2) is 9.24. The van der Waals surface area contributed by atoms with E-state index in [1.165, 1.54) is 30.3 Å². The van der Waals surface area contributed by atoms with Crippen LogP contribution in [0.2, 0.25) is 0 Å². The highest BCUT2D eigenvalue weighted by Crippen LogP contribution is 2.16. The van der Waals surface area contributed by atoms with Crippen LogP contribution in [0.4, 0.5) is 5.69 Å². The molecule has 2 aromatic carbocycles. The van der Waals surface area contributed by atoms with Crippen molar-refractivity contribution >= 4 is 23.5 Å². The fourth-order valence-electron chi connectivity index (χ4n) is 2.27. The molecule has 0 unspecified atom stereocenters. The normalized spacial score (nSPS) is 11.4. The van der Waals surface area contributed by atoms with Crippen molar-refractivity contribution in [1.29, 1.82) is 0 Å². The van der Waals surface area contributed by atoms with Crippen LogP contribution in [0.3, 0.4) is 0 Å². The lowest BCUT2D eigenvalue weighted by Crippen LogP contribution is -2.16. The minimum Gasteiger partial charge on any atom is -0.462 e. The average Bonchev–Trinajstić information content (AvgIpc) is 2.66. The summed E-state index contributed by atoms with van der Waals surface area (Å²) in [6.07, 6.45) is 4.75. The third-order valence-corrected chi connectivity index (χ3v) is 3.71. The number of carbonyl (C=O) groups is 2. The zero-order valence-corrected chi connectivity index (χ0v) is 15.0. The molecule has 0 aliphatic rings. The van der Waals surface area contributed by atoms with Crippen molar-refractivity contribution < 1.29 is 19.2 Å². The van der Waals surface area contributed by atoms with Crippen LogP contribution in [0.15, 0.2) is 66.3 Å². The first-order chi connectivity index (χ1) is 12.9. The number of hydrogen-bond donors (Lipinski definition) is 0. The number of nitro groups is 1. The highest BCUT2D eigenvalue weighted by atomic mass is 16.6. The number of nitrogens with zero attached hydrogens (tertiary/aromatic N) is 1. The van der Waals surface area contributed by atoms with Crippen LogP contribution >= 0.6 is 0 Å². The van der Waals surface area contributed by atoms with Gasteiger partial charge in [-0.25, -0.2) is 4.79 Å². The summed E-state index contributed by atoms with van der Waals surface area (Å²) in [5, 5.41) is 10.7. The van der Waals surface area contributed by atoms with Gasteiger partial charge < -0.3 is 4.74 Å². The molecule has 0 saturated carbocycles. The Morgan fingerprint density at radius 3 is 2.26 bits per heavy atom. The molecule has 0 saturated heterocycles. The maximum Gasteiger partial charge on any atom is 0.342 e. The van der Waals surface area contributed by atoms with Gasteiger partial charge in [-0.05, 0) is 37.6 Å². The Bertz CT molecular complexity index is 893. The van der Waals surface area contributed by atoms with Crippen molar-refractivity contribution in [1.82, 2.24) is 0 Å². The van der Waals surface area contributed by atoms with E-state index in [4.69, 9.17) is 4.74 Å². The van der Waals surface area contributed by atoms with Gasteiger partial charge in [0.05, 0.1) is 11.5 Å². The number of nitro benzene ring substituents is 1.